The fourth-order valence-electron chi connectivity index (χ4n) is 3.25. The molecule has 1 fully saturated rings. The molecule has 1 saturated heterocycles. The maximum Gasteiger partial charge on any atom is 0.321 e. The third-order valence-electron chi connectivity index (χ3n) is 4.61. The van der Waals surface area contributed by atoms with Crippen LogP contribution in [0.15, 0.2) is 60.8 Å². The highest BCUT2D eigenvalue weighted by molar-refractivity contribution is 6.01. The van der Waals surface area contributed by atoms with E-state index in [9.17, 15) is 4.79 Å². The second-order valence-corrected chi connectivity index (χ2v) is 6.43. The van der Waals surface area contributed by atoms with E-state index in [1.807, 2.05) is 42.5 Å². The van der Waals surface area contributed by atoms with Crippen molar-refractivity contribution in [2.24, 2.45) is 0 Å². The zero-order valence-electron chi connectivity index (χ0n) is 14.6. The number of nitriles is 1. The van der Waals surface area contributed by atoms with Crippen LogP contribution in [0.3, 0.4) is 0 Å². The normalized spacial score (nSPS) is 16.1. The number of benzene rings is 2. The summed E-state index contributed by atoms with van der Waals surface area (Å²) in [6, 6.07) is 19.0. The number of likely N-dealkylation sites (tertiary alicyclic amines) is 1. The van der Waals surface area contributed by atoms with Crippen molar-refractivity contribution in [3.8, 4) is 11.9 Å². The summed E-state index contributed by atoms with van der Waals surface area (Å²) in [5.41, 5.74) is 1.30. The Morgan fingerprint density at radius 3 is 2.96 bits per heavy atom. The minimum absolute atomic E-state index is 0.135. The van der Waals surface area contributed by atoms with Crippen LogP contribution in [0.5, 0.6) is 5.88 Å². The number of nitrogens with zero attached hydrogens (tertiary/aromatic N) is 3. The van der Waals surface area contributed by atoms with Gasteiger partial charge in [-0.1, -0.05) is 36.4 Å². The summed E-state index contributed by atoms with van der Waals surface area (Å²) >= 11 is 0. The van der Waals surface area contributed by atoms with Crippen molar-refractivity contribution in [2.75, 3.05) is 18.4 Å². The topological polar surface area (TPSA) is 78.2 Å². The van der Waals surface area contributed by atoms with Gasteiger partial charge in [0.05, 0.1) is 23.9 Å². The van der Waals surface area contributed by atoms with E-state index in [-0.39, 0.29) is 12.1 Å². The third-order valence-corrected chi connectivity index (χ3v) is 4.61. The first-order chi connectivity index (χ1) is 13.2. The minimum atomic E-state index is -0.142. The highest BCUT2D eigenvalue weighted by atomic mass is 16.5. The summed E-state index contributed by atoms with van der Waals surface area (Å²) in [6.07, 6.45) is 2.14. The van der Waals surface area contributed by atoms with Crippen molar-refractivity contribution in [1.29, 1.82) is 5.26 Å². The van der Waals surface area contributed by atoms with Gasteiger partial charge in [0.1, 0.15) is 6.10 Å². The third kappa shape index (κ3) is 3.67. The van der Waals surface area contributed by atoms with Gasteiger partial charge in [-0.15, -0.1) is 0 Å². The average Bonchev–Trinajstić information content (AvgIpc) is 3.17. The van der Waals surface area contributed by atoms with Gasteiger partial charge in [-0.2, -0.15) is 5.26 Å². The van der Waals surface area contributed by atoms with Crippen molar-refractivity contribution >= 4 is 22.5 Å². The summed E-state index contributed by atoms with van der Waals surface area (Å²) in [5.74, 6) is 0.412. The molecule has 1 aliphatic rings. The average molecular weight is 358 g/mol. The van der Waals surface area contributed by atoms with Crippen LogP contribution in [0.1, 0.15) is 12.0 Å². The monoisotopic (exact) mass is 358 g/mol. The quantitative estimate of drug-likeness (QED) is 0.773. The molecule has 1 aliphatic heterocycles. The highest BCUT2D eigenvalue weighted by Crippen LogP contribution is 2.24. The molecular weight excluding hydrogens is 340 g/mol. The number of hydrogen-bond acceptors (Lipinski definition) is 4. The zero-order valence-corrected chi connectivity index (χ0v) is 14.6. The van der Waals surface area contributed by atoms with Crippen LogP contribution in [0, 0.1) is 11.3 Å². The molecule has 0 bridgehead atoms. The Morgan fingerprint density at radius 1 is 1.22 bits per heavy atom. The summed E-state index contributed by atoms with van der Waals surface area (Å²) in [7, 11) is 0. The van der Waals surface area contributed by atoms with Crippen LogP contribution in [0.4, 0.5) is 10.5 Å². The van der Waals surface area contributed by atoms with Crippen LogP contribution < -0.4 is 10.1 Å². The Bertz CT molecular complexity index is 1020. The molecule has 1 unspecified atom stereocenters. The van der Waals surface area contributed by atoms with Crippen LogP contribution in [-0.4, -0.2) is 35.1 Å². The van der Waals surface area contributed by atoms with E-state index < -0.39 is 0 Å². The molecule has 0 saturated carbocycles. The molecule has 0 spiro atoms. The molecule has 6 heteroatoms. The summed E-state index contributed by atoms with van der Waals surface area (Å²) in [4.78, 5) is 18.5. The molecule has 27 heavy (non-hydrogen) atoms. The number of amides is 2. The Labute approximate surface area is 157 Å². The van der Waals surface area contributed by atoms with Crippen molar-refractivity contribution in [3.63, 3.8) is 0 Å². The fraction of sp³-hybridized carbons (Fsp3) is 0.190. The van der Waals surface area contributed by atoms with Gasteiger partial charge in [0.15, 0.2) is 0 Å². The standard InChI is InChI=1S/C21H18N4O2/c22-13-15-8-10-23-20(12-15)27-17-9-11-25(14-17)21(26)24-19-7-3-5-16-4-1-2-6-18(16)19/h1-8,10,12,17H,9,11,14H2,(H,24,26). The van der Waals surface area contributed by atoms with Crippen LogP contribution in [-0.2, 0) is 0 Å². The van der Waals surface area contributed by atoms with Gasteiger partial charge in [-0.3, -0.25) is 0 Å². The lowest BCUT2D eigenvalue weighted by molar-refractivity contribution is 0.190. The van der Waals surface area contributed by atoms with Crippen LogP contribution in [0.25, 0.3) is 10.8 Å². The summed E-state index contributed by atoms with van der Waals surface area (Å²) in [5, 5.41) is 14.1. The number of carbonyl (C=O) groups excluding carboxylic acids is 1. The Balaban J connectivity index is 1.41. The fourth-order valence-corrected chi connectivity index (χ4v) is 3.25. The lowest BCUT2D eigenvalue weighted by Gasteiger charge is -2.18. The number of fused-ring (bicyclic) bond motifs is 1. The number of hydrogen-bond donors (Lipinski definition) is 1. The number of nitrogens with one attached hydrogen (secondary N) is 1. The number of ether oxygens (including phenoxy) is 1. The zero-order chi connectivity index (χ0) is 18.6. The predicted octanol–water partition coefficient (Wildman–Crippen LogP) is 3.79. The lowest BCUT2D eigenvalue weighted by Crippen LogP contribution is -2.34. The van der Waals surface area contributed by atoms with Crippen molar-refractivity contribution in [1.82, 2.24) is 9.88 Å². The van der Waals surface area contributed by atoms with Gasteiger partial charge in [0.25, 0.3) is 0 Å². The Hall–Kier alpha value is -3.59. The molecular formula is C21H18N4O2. The smallest absolute Gasteiger partial charge is 0.321 e. The van der Waals surface area contributed by atoms with E-state index in [1.165, 1.54) is 0 Å². The summed E-state index contributed by atoms with van der Waals surface area (Å²) < 4.78 is 5.83. The molecule has 4 rings (SSSR count). The number of pyridine rings is 1. The molecule has 1 aromatic heterocycles. The minimum Gasteiger partial charge on any atom is -0.472 e. The summed E-state index contributed by atoms with van der Waals surface area (Å²) in [6.45, 7) is 1.09. The highest BCUT2D eigenvalue weighted by Gasteiger charge is 2.28. The molecule has 6 nitrogen and oxygen atoms in total. The SMILES string of the molecule is N#Cc1ccnc(OC2CCN(C(=O)Nc3cccc4ccccc34)C2)c1. The Kier molecular flexibility index (Phi) is 4.58. The van der Waals surface area contributed by atoms with E-state index in [1.54, 1.807) is 23.2 Å². The second kappa shape index (κ2) is 7.34. The molecule has 3 aromatic rings. The molecule has 0 aliphatic carbocycles. The van der Waals surface area contributed by atoms with Crippen LogP contribution >= 0.6 is 0 Å². The largest absolute Gasteiger partial charge is 0.472 e. The van der Waals surface area contributed by atoms with Gasteiger partial charge < -0.3 is 15.0 Å². The van der Waals surface area contributed by atoms with Crippen molar-refractivity contribution in [2.45, 2.75) is 12.5 Å². The van der Waals surface area contributed by atoms with Gasteiger partial charge in [0, 0.05) is 30.6 Å². The first kappa shape index (κ1) is 16.9. The number of aromatic nitrogens is 1. The first-order valence-electron chi connectivity index (χ1n) is 8.79. The van der Waals surface area contributed by atoms with E-state index in [4.69, 9.17) is 10.00 Å². The van der Waals surface area contributed by atoms with Gasteiger partial charge >= 0.3 is 6.03 Å². The maximum atomic E-state index is 12.7. The maximum absolute atomic E-state index is 12.7. The number of anilines is 1. The van der Waals surface area contributed by atoms with Gasteiger partial charge in [-0.25, -0.2) is 9.78 Å². The molecule has 1 atom stereocenters. The van der Waals surface area contributed by atoms with E-state index in [0.29, 0.717) is 24.5 Å². The van der Waals surface area contributed by atoms with E-state index in [2.05, 4.69) is 16.4 Å². The van der Waals surface area contributed by atoms with E-state index >= 15 is 0 Å². The molecule has 1 N–H and O–H groups in total. The molecule has 0 radical (unpaired) electrons. The van der Waals surface area contributed by atoms with E-state index in [0.717, 1.165) is 22.9 Å². The molecule has 134 valence electrons. The molecule has 2 amide bonds. The number of urea groups is 1. The van der Waals surface area contributed by atoms with Crippen LogP contribution in [0.2, 0.25) is 0 Å². The lowest BCUT2D eigenvalue weighted by atomic mass is 10.1. The molecule has 2 heterocycles. The number of carbonyl (C=O) groups is 1. The predicted molar refractivity (Wildman–Crippen MR) is 103 cm³/mol. The van der Waals surface area contributed by atoms with Crippen molar-refractivity contribution in [3.05, 3.63) is 66.4 Å². The van der Waals surface area contributed by atoms with Crippen molar-refractivity contribution < 1.29 is 9.53 Å². The first-order valence-corrected chi connectivity index (χ1v) is 8.79. The molecule has 2 aromatic carbocycles. The Morgan fingerprint density at radius 2 is 2.07 bits per heavy atom. The number of rotatable bonds is 3. The van der Waals surface area contributed by atoms with Gasteiger partial charge in [0.2, 0.25) is 5.88 Å². The van der Waals surface area contributed by atoms with Gasteiger partial charge in [-0.05, 0) is 17.5 Å². The second-order valence-electron chi connectivity index (χ2n) is 6.43.